The summed E-state index contributed by atoms with van der Waals surface area (Å²) in [5.74, 6) is 3.94. The molecule has 0 radical (unpaired) electrons. The number of nitrogens with one attached hydrogen (secondary N) is 1. The third-order valence-electron chi connectivity index (χ3n) is 4.71. The summed E-state index contributed by atoms with van der Waals surface area (Å²) in [7, 11) is 1.97. The number of hydrogen-bond donors (Lipinski definition) is 1. The Morgan fingerprint density at radius 2 is 2.00 bits per heavy atom. The fraction of sp³-hybridized carbons (Fsp3) is 0.632. The van der Waals surface area contributed by atoms with Crippen molar-refractivity contribution in [2.45, 2.75) is 23.8 Å². The lowest BCUT2D eigenvalue weighted by Gasteiger charge is -2.32. The van der Waals surface area contributed by atoms with Crippen molar-refractivity contribution in [3.8, 4) is 5.75 Å². The summed E-state index contributed by atoms with van der Waals surface area (Å²) in [6.07, 6.45) is 3.59. The molecule has 1 N–H and O–H groups in total. The molecule has 0 aliphatic carbocycles. The van der Waals surface area contributed by atoms with Crippen LogP contribution in [0.2, 0.25) is 0 Å². The standard InChI is InChI=1S/C19H28N2O2S2/c1-20-12-15-4-2-9-21(13-15)18(22)14-23-17-7-5-16(6-8-17)19-24-10-3-11-25-19/h5-8,15,19-20H,2-4,9-14H2,1H3. The lowest BCUT2D eigenvalue weighted by Crippen LogP contribution is -2.44. The van der Waals surface area contributed by atoms with Crippen LogP contribution in [-0.2, 0) is 4.79 Å². The monoisotopic (exact) mass is 380 g/mol. The highest BCUT2D eigenvalue weighted by molar-refractivity contribution is 8.16. The highest BCUT2D eigenvalue weighted by atomic mass is 32.2. The second kappa shape index (κ2) is 9.74. The van der Waals surface area contributed by atoms with Crippen molar-refractivity contribution in [2.24, 2.45) is 5.92 Å². The van der Waals surface area contributed by atoms with Crippen molar-refractivity contribution < 1.29 is 9.53 Å². The Bertz CT molecular complexity index is 545. The predicted octanol–water partition coefficient (Wildman–Crippen LogP) is 3.39. The molecule has 1 aromatic carbocycles. The van der Waals surface area contributed by atoms with E-state index in [4.69, 9.17) is 4.74 Å². The Balaban J connectivity index is 1.46. The highest BCUT2D eigenvalue weighted by Crippen LogP contribution is 2.43. The number of carbonyl (C=O) groups is 1. The average molecular weight is 381 g/mol. The van der Waals surface area contributed by atoms with Gasteiger partial charge < -0.3 is 15.0 Å². The summed E-state index contributed by atoms with van der Waals surface area (Å²) in [5, 5.41) is 3.21. The molecule has 2 saturated heterocycles. The predicted molar refractivity (Wildman–Crippen MR) is 107 cm³/mol. The van der Waals surface area contributed by atoms with Crippen LogP contribution >= 0.6 is 23.5 Å². The number of benzene rings is 1. The zero-order valence-corrected chi connectivity index (χ0v) is 16.5. The van der Waals surface area contributed by atoms with Crippen molar-refractivity contribution in [1.82, 2.24) is 10.2 Å². The SMILES string of the molecule is CNCC1CCCN(C(=O)COc2ccc(C3SCCCS3)cc2)C1. The lowest BCUT2D eigenvalue weighted by atomic mass is 9.98. The molecule has 1 aromatic rings. The number of carbonyl (C=O) groups excluding carboxylic acids is 1. The van der Waals surface area contributed by atoms with E-state index in [-0.39, 0.29) is 12.5 Å². The quantitative estimate of drug-likeness (QED) is 0.819. The maximum atomic E-state index is 12.4. The zero-order valence-electron chi connectivity index (χ0n) is 14.9. The number of hydrogen-bond acceptors (Lipinski definition) is 5. The van der Waals surface area contributed by atoms with Crippen molar-refractivity contribution in [1.29, 1.82) is 0 Å². The van der Waals surface area contributed by atoms with Gasteiger partial charge in [0.1, 0.15) is 5.75 Å². The smallest absolute Gasteiger partial charge is 0.260 e. The van der Waals surface area contributed by atoms with E-state index in [1.54, 1.807) is 0 Å². The van der Waals surface area contributed by atoms with Crippen molar-refractivity contribution in [3.63, 3.8) is 0 Å². The Morgan fingerprint density at radius 3 is 2.72 bits per heavy atom. The van der Waals surface area contributed by atoms with Gasteiger partial charge in [0.25, 0.3) is 5.91 Å². The third-order valence-corrected chi connectivity index (χ3v) is 7.72. The molecule has 2 aliphatic rings. The first-order chi connectivity index (χ1) is 12.3. The van der Waals surface area contributed by atoms with E-state index < -0.39 is 0 Å². The van der Waals surface area contributed by atoms with E-state index in [9.17, 15) is 4.79 Å². The molecular weight excluding hydrogens is 352 g/mol. The maximum Gasteiger partial charge on any atom is 0.260 e. The first-order valence-corrected chi connectivity index (χ1v) is 11.2. The molecule has 2 aliphatic heterocycles. The van der Waals surface area contributed by atoms with Crippen molar-refractivity contribution in [2.75, 3.05) is 44.8 Å². The minimum atomic E-state index is 0.100. The molecule has 0 saturated carbocycles. The van der Waals surface area contributed by atoms with Crippen LogP contribution in [0, 0.1) is 5.92 Å². The van der Waals surface area contributed by atoms with Crippen molar-refractivity contribution >= 4 is 29.4 Å². The molecular formula is C19H28N2O2S2. The lowest BCUT2D eigenvalue weighted by molar-refractivity contribution is -0.135. The number of likely N-dealkylation sites (tertiary alicyclic amines) is 1. The normalized spacial score (nSPS) is 22.0. The Morgan fingerprint density at radius 1 is 1.24 bits per heavy atom. The van der Waals surface area contributed by atoms with E-state index in [0.717, 1.165) is 31.8 Å². The van der Waals surface area contributed by atoms with E-state index in [1.807, 2.05) is 47.6 Å². The molecule has 1 unspecified atom stereocenters. The molecule has 138 valence electrons. The van der Waals surface area contributed by atoms with Crippen LogP contribution in [0.3, 0.4) is 0 Å². The van der Waals surface area contributed by atoms with Crippen LogP contribution in [-0.4, -0.2) is 55.6 Å². The van der Waals surface area contributed by atoms with Gasteiger partial charge in [-0.05, 0) is 68.0 Å². The first kappa shape index (κ1) is 18.9. The summed E-state index contributed by atoms with van der Waals surface area (Å²) in [6, 6.07) is 8.27. The molecule has 0 aromatic heterocycles. The van der Waals surface area contributed by atoms with Gasteiger partial charge in [0.2, 0.25) is 0 Å². The molecule has 0 bridgehead atoms. The van der Waals surface area contributed by atoms with Crippen LogP contribution < -0.4 is 10.1 Å². The van der Waals surface area contributed by atoms with Gasteiger partial charge in [-0.25, -0.2) is 0 Å². The van der Waals surface area contributed by atoms with Crippen LogP contribution in [0.5, 0.6) is 5.75 Å². The second-order valence-electron chi connectivity index (χ2n) is 6.69. The van der Waals surface area contributed by atoms with Gasteiger partial charge in [0.15, 0.2) is 6.61 Å². The number of piperidine rings is 1. The summed E-state index contributed by atoms with van der Waals surface area (Å²) >= 11 is 4.04. The van der Waals surface area contributed by atoms with Gasteiger partial charge in [-0.1, -0.05) is 12.1 Å². The average Bonchev–Trinajstić information content (AvgIpc) is 2.68. The number of ether oxygens (including phenoxy) is 1. The zero-order chi connectivity index (χ0) is 17.5. The van der Waals surface area contributed by atoms with Crippen LogP contribution in [0.4, 0.5) is 0 Å². The molecule has 25 heavy (non-hydrogen) atoms. The summed E-state index contributed by atoms with van der Waals surface area (Å²) in [4.78, 5) is 14.4. The van der Waals surface area contributed by atoms with Crippen LogP contribution in [0.25, 0.3) is 0 Å². The van der Waals surface area contributed by atoms with Gasteiger partial charge in [-0.3, -0.25) is 4.79 Å². The second-order valence-corrected chi connectivity index (χ2v) is 9.41. The van der Waals surface area contributed by atoms with Gasteiger partial charge in [0.05, 0.1) is 4.58 Å². The Hall–Kier alpha value is -0.850. The summed E-state index contributed by atoms with van der Waals surface area (Å²) in [5.41, 5.74) is 1.35. The number of thioether (sulfide) groups is 2. The third kappa shape index (κ3) is 5.56. The number of amides is 1. The minimum Gasteiger partial charge on any atom is -0.484 e. The largest absolute Gasteiger partial charge is 0.484 e. The fourth-order valence-corrected chi connectivity index (χ4v) is 6.28. The van der Waals surface area contributed by atoms with Crippen LogP contribution in [0.1, 0.15) is 29.4 Å². The molecule has 2 heterocycles. The maximum absolute atomic E-state index is 12.4. The molecule has 4 nitrogen and oxygen atoms in total. The van der Waals surface area contributed by atoms with E-state index in [1.165, 1.54) is 29.9 Å². The molecule has 1 atom stereocenters. The van der Waals surface area contributed by atoms with Gasteiger partial charge in [0, 0.05) is 13.1 Å². The van der Waals surface area contributed by atoms with Gasteiger partial charge in [-0.15, -0.1) is 23.5 Å². The fourth-order valence-electron chi connectivity index (χ4n) is 3.38. The Kier molecular flexibility index (Phi) is 7.37. The van der Waals surface area contributed by atoms with Gasteiger partial charge in [-0.2, -0.15) is 0 Å². The molecule has 1 amide bonds. The first-order valence-electron chi connectivity index (χ1n) is 9.14. The van der Waals surface area contributed by atoms with Gasteiger partial charge >= 0.3 is 0 Å². The molecule has 2 fully saturated rings. The van der Waals surface area contributed by atoms with E-state index >= 15 is 0 Å². The molecule has 3 rings (SSSR count). The summed E-state index contributed by atoms with van der Waals surface area (Å²) in [6.45, 7) is 2.82. The number of rotatable bonds is 6. The Labute approximate surface area is 159 Å². The molecule has 0 spiro atoms. The topological polar surface area (TPSA) is 41.6 Å². The van der Waals surface area contributed by atoms with Crippen molar-refractivity contribution in [3.05, 3.63) is 29.8 Å². The molecule has 6 heteroatoms. The summed E-state index contributed by atoms with van der Waals surface area (Å²) < 4.78 is 6.28. The minimum absolute atomic E-state index is 0.100. The van der Waals surface area contributed by atoms with E-state index in [2.05, 4.69) is 17.4 Å². The number of nitrogens with zero attached hydrogens (tertiary/aromatic N) is 1. The van der Waals surface area contributed by atoms with E-state index in [0.29, 0.717) is 10.5 Å². The highest BCUT2D eigenvalue weighted by Gasteiger charge is 2.23. The van der Waals surface area contributed by atoms with Crippen LogP contribution in [0.15, 0.2) is 24.3 Å².